The van der Waals surface area contributed by atoms with Gasteiger partial charge in [0.25, 0.3) is 5.91 Å². The Morgan fingerprint density at radius 1 is 1.23 bits per heavy atom. The van der Waals surface area contributed by atoms with Crippen LogP contribution in [0.2, 0.25) is 0 Å². The fourth-order valence-corrected chi connectivity index (χ4v) is 5.22. The summed E-state index contributed by atoms with van der Waals surface area (Å²) in [5, 5.41) is 11.9. The number of hydrogen-bond donors (Lipinski definition) is 2. The van der Waals surface area contributed by atoms with Crippen molar-refractivity contribution in [1.29, 1.82) is 0 Å². The van der Waals surface area contributed by atoms with Gasteiger partial charge in [-0.1, -0.05) is 26.8 Å². The summed E-state index contributed by atoms with van der Waals surface area (Å²) in [4.78, 5) is 38.0. The fourth-order valence-electron chi connectivity index (χ4n) is 5.22. The van der Waals surface area contributed by atoms with Crippen molar-refractivity contribution in [3.05, 3.63) is 46.5 Å². The molecular weight excluding hydrogens is 386 g/mol. The van der Waals surface area contributed by atoms with E-state index < -0.39 is 10.8 Å². The Hall–Kier alpha value is -3.30. The predicted octanol–water partition coefficient (Wildman–Crippen LogP) is 2.94. The molecule has 2 aromatic rings. The Balaban J connectivity index is 1.61. The zero-order chi connectivity index (χ0) is 21.5. The molecule has 1 aliphatic heterocycles. The summed E-state index contributed by atoms with van der Waals surface area (Å²) >= 11 is 0. The van der Waals surface area contributed by atoms with E-state index in [1.807, 2.05) is 4.90 Å². The summed E-state index contributed by atoms with van der Waals surface area (Å²) in [6.45, 7) is 7.43. The summed E-state index contributed by atoms with van der Waals surface area (Å²) in [6.07, 6.45) is 5.78. The molecule has 2 atom stereocenters. The van der Waals surface area contributed by atoms with Gasteiger partial charge in [-0.25, -0.2) is 9.97 Å². The van der Waals surface area contributed by atoms with Crippen LogP contribution in [0.5, 0.6) is 0 Å². The molecule has 2 bridgehead atoms. The molecular formula is C20H25N7O3. The SMILES string of the molecule is CC1(C)CC2CC(C)(CN2c2ncnc(NNC(=O)c3ccccn3)c2[N+](=O)[O-])C1. The number of nitrogens with one attached hydrogen (secondary N) is 2. The third-order valence-electron chi connectivity index (χ3n) is 5.86. The summed E-state index contributed by atoms with van der Waals surface area (Å²) in [5.74, 6) is -0.285. The first kappa shape index (κ1) is 20.0. The lowest BCUT2D eigenvalue weighted by Crippen LogP contribution is -2.35. The molecule has 1 aliphatic carbocycles. The average Bonchev–Trinajstić information content (AvgIpc) is 2.94. The van der Waals surface area contributed by atoms with Gasteiger partial charge < -0.3 is 4.90 Å². The Labute approximate surface area is 174 Å². The maximum atomic E-state index is 12.2. The Morgan fingerprint density at radius 2 is 2.03 bits per heavy atom. The highest BCUT2D eigenvalue weighted by atomic mass is 16.6. The number of hydrogen-bond acceptors (Lipinski definition) is 8. The molecule has 0 radical (unpaired) electrons. The first-order valence-electron chi connectivity index (χ1n) is 9.91. The van der Waals surface area contributed by atoms with Crippen molar-refractivity contribution in [1.82, 2.24) is 20.4 Å². The average molecular weight is 411 g/mol. The fraction of sp³-hybridized carbons (Fsp3) is 0.500. The van der Waals surface area contributed by atoms with Gasteiger partial charge in [-0.2, -0.15) is 0 Å². The van der Waals surface area contributed by atoms with E-state index in [2.05, 4.69) is 46.6 Å². The molecule has 2 N–H and O–H groups in total. The summed E-state index contributed by atoms with van der Waals surface area (Å²) in [7, 11) is 0. The second-order valence-corrected chi connectivity index (χ2v) is 9.29. The van der Waals surface area contributed by atoms with Crippen molar-refractivity contribution in [2.45, 2.75) is 46.1 Å². The van der Waals surface area contributed by atoms with Gasteiger partial charge in [0.2, 0.25) is 11.6 Å². The van der Waals surface area contributed by atoms with Gasteiger partial charge in [0.05, 0.1) is 4.92 Å². The standard InChI is InChI=1S/C20H25N7O3/c1-19(2)8-13-9-20(3,10-19)11-26(13)17-15(27(29)30)16(22-12-23-17)24-25-18(28)14-6-4-5-7-21-14/h4-7,12-13H,8-11H2,1-3H3,(H,25,28)(H,22,23,24). The molecule has 0 aromatic carbocycles. The van der Waals surface area contributed by atoms with E-state index in [1.165, 1.54) is 12.5 Å². The topological polar surface area (TPSA) is 126 Å². The number of aromatic nitrogens is 3. The van der Waals surface area contributed by atoms with Gasteiger partial charge in [-0.3, -0.25) is 30.7 Å². The van der Waals surface area contributed by atoms with Crippen molar-refractivity contribution >= 4 is 23.2 Å². The highest BCUT2D eigenvalue weighted by Gasteiger charge is 2.51. The van der Waals surface area contributed by atoms with Gasteiger partial charge in [0.1, 0.15) is 12.0 Å². The number of nitrogens with zero attached hydrogens (tertiary/aromatic N) is 5. The molecule has 2 aromatic heterocycles. The van der Waals surface area contributed by atoms with E-state index >= 15 is 0 Å². The largest absolute Gasteiger partial charge is 0.355 e. The van der Waals surface area contributed by atoms with Gasteiger partial charge >= 0.3 is 5.69 Å². The van der Waals surface area contributed by atoms with Crippen LogP contribution in [0.15, 0.2) is 30.7 Å². The number of carbonyl (C=O) groups excluding carboxylic acids is 1. The summed E-state index contributed by atoms with van der Waals surface area (Å²) in [5.41, 5.74) is 5.22. The number of nitro groups is 1. The van der Waals surface area contributed by atoms with E-state index in [-0.39, 0.29) is 39.9 Å². The van der Waals surface area contributed by atoms with Crippen molar-refractivity contribution in [3.8, 4) is 0 Å². The molecule has 2 unspecified atom stereocenters. The second kappa shape index (κ2) is 7.19. The van der Waals surface area contributed by atoms with Crippen LogP contribution < -0.4 is 15.8 Å². The highest BCUT2D eigenvalue weighted by molar-refractivity contribution is 5.93. The number of anilines is 2. The third kappa shape index (κ3) is 3.77. The molecule has 1 saturated carbocycles. The molecule has 2 fully saturated rings. The minimum atomic E-state index is -0.517. The van der Waals surface area contributed by atoms with Crippen molar-refractivity contribution in [2.24, 2.45) is 10.8 Å². The number of carbonyl (C=O) groups is 1. The maximum absolute atomic E-state index is 12.2. The highest BCUT2D eigenvalue weighted by Crippen LogP contribution is 2.54. The summed E-state index contributed by atoms with van der Waals surface area (Å²) < 4.78 is 0. The molecule has 158 valence electrons. The second-order valence-electron chi connectivity index (χ2n) is 9.29. The van der Waals surface area contributed by atoms with Crippen LogP contribution >= 0.6 is 0 Å². The first-order chi connectivity index (χ1) is 14.2. The van der Waals surface area contributed by atoms with Crippen molar-refractivity contribution in [3.63, 3.8) is 0 Å². The molecule has 10 nitrogen and oxygen atoms in total. The lowest BCUT2D eigenvalue weighted by atomic mass is 9.65. The van der Waals surface area contributed by atoms with E-state index in [4.69, 9.17) is 0 Å². The lowest BCUT2D eigenvalue weighted by Gasteiger charge is -2.39. The Kier molecular flexibility index (Phi) is 4.79. The molecule has 4 rings (SSSR count). The number of hydrazine groups is 1. The van der Waals surface area contributed by atoms with E-state index in [0.717, 1.165) is 19.3 Å². The number of fused-ring (bicyclic) bond motifs is 2. The minimum absolute atomic E-state index is 0.0554. The normalized spacial score (nSPS) is 24.4. The van der Waals surface area contributed by atoms with Gasteiger partial charge in [0, 0.05) is 18.8 Å². The number of pyridine rings is 1. The first-order valence-corrected chi connectivity index (χ1v) is 9.91. The molecule has 1 amide bonds. The zero-order valence-corrected chi connectivity index (χ0v) is 17.3. The van der Waals surface area contributed by atoms with Crippen LogP contribution in [0.1, 0.15) is 50.5 Å². The minimum Gasteiger partial charge on any atom is -0.347 e. The van der Waals surface area contributed by atoms with Crippen LogP contribution in [0.25, 0.3) is 0 Å². The molecule has 0 spiro atoms. The van der Waals surface area contributed by atoms with Crippen molar-refractivity contribution < 1.29 is 9.72 Å². The lowest BCUT2D eigenvalue weighted by molar-refractivity contribution is -0.383. The molecule has 30 heavy (non-hydrogen) atoms. The van der Waals surface area contributed by atoms with Gasteiger partial charge in [-0.15, -0.1) is 0 Å². The van der Waals surface area contributed by atoms with Crippen LogP contribution in [0.3, 0.4) is 0 Å². The van der Waals surface area contributed by atoms with Gasteiger partial charge in [-0.05, 0) is 42.2 Å². The van der Waals surface area contributed by atoms with Gasteiger partial charge in [0.15, 0.2) is 0 Å². The Bertz CT molecular complexity index is 982. The maximum Gasteiger partial charge on any atom is 0.355 e. The van der Waals surface area contributed by atoms with Crippen LogP contribution in [-0.4, -0.2) is 38.4 Å². The third-order valence-corrected chi connectivity index (χ3v) is 5.86. The molecule has 10 heteroatoms. The smallest absolute Gasteiger partial charge is 0.347 e. The molecule has 2 aliphatic rings. The van der Waals surface area contributed by atoms with Crippen LogP contribution in [0.4, 0.5) is 17.3 Å². The molecule has 3 heterocycles. The quantitative estimate of drug-likeness (QED) is 0.568. The zero-order valence-electron chi connectivity index (χ0n) is 17.3. The number of amides is 1. The Morgan fingerprint density at radius 3 is 2.73 bits per heavy atom. The summed E-state index contributed by atoms with van der Waals surface area (Å²) in [6, 6.07) is 5.10. The van der Waals surface area contributed by atoms with Crippen LogP contribution in [-0.2, 0) is 0 Å². The molecule has 1 saturated heterocycles. The monoisotopic (exact) mass is 411 g/mol. The predicted molar refractivity (Wildman–Crippen MR) is 111 cm³/mol. The number of rotatable bonds is 5. The van der Waals surface area contributed by atoms with Crippen molar-refractivity contribution in [2.75, 3.05) is 16.9 Å². The van der Waals surface area contributed by atoms with E-state index in [1.54, 1.807) is 18.2 Å². The van der Waals surface area contributed by atoms with E-state index in [9.17, 15) is 14.9 Å². The van der Waals surface area contributed by atoms with E-state index in [0.29, 0.717) is 6.54 Å². The van der Waals surface area contributed by atoms with Crippen LogP contribution in [0, 0.1) is 20.9 Å².